The molecule has 1 aliphatic heterocycles. The molecule has 1 unspecified atom stereocenters. The third-order valence-corrected chi connectivity index (χ3v) is 3.99. The van der Waals surface area contributed by atoms with E-state index in [9.17, 15) is 9.18 Å². The molecule has 3 rings (SSSR count). The van der Waals surface area contributed by atoms with Crippen LogP contribution in [0.1, 0.15) is 28.4 Å². The molecule has 1 atom stereocenters. The number of ketones is 1. The molecule has 0 radical (unpaired) electrons. The molecular formula is C16H12BrFO2. The van der Waals surface area contributed by atoms with E-state index in [1.807, 2.05) is 19.1 Å². The molecule has 2 aromatic carbocycles. The van der Waals surface area contributed by atoms with Gasteiger partial charge in [0.1, 0.15) is 17.7 Å². The number of rotatable bonds is 2. The Morgan fingerprint density at radius 2 is 2.10 bits per heavy atom. The lowest BCUT2D eigenvalue weighted by Gasteiger charge is -2.06. The van der Waals surface area contributed by atoms with Crippen molar-refractivity contribution in [3.8, 4) is 5.75 Å². The molecule has 0 spiro atoms. The van der Waals surface area contributed by atoms with Crippen LogP contribution in [-0.4, -0.2) is 11.9 Å². The summed E-state index contributed by atoms with van der Waals surface area (Å²) in [5.74, 6) is 0.344. The fourth-order valence-corrected chi connectivity index (χ4v) is 2.92. The Morgan fingerprint density at radius 3 is 2.85 bits per heavy atom. The minimum atomic E-state index is -0.371. The van der Waals surface area contributed by atoms with Gasteiger partial charge in [0.15, 0.2) is 5.78 Å². The lowest BCUT2D eigenvalue weighted by molar-refractivity contribution is 0.103. The molecule has 0 bridgehead atoms. The second-order valence-electron chi connectivity index (χ2n) is 4.91. The highest BCUT2D eigenvalue weighted by Crippen LogP contribution is 2.30. The predicted molar refractivity (Wildman–Crippen MR) is 77.8 cm³/mol. The topological polar surface area (TPSA) is 26.3 Å². The van der Waals surface area contributed by atoms with Gasteiger partial charge in [-0.3, -0.25) is 4.79 Å². The molecule has 4 heteroatoms. The zero-order valence-electron chi connectivity index (χ0n) is 10.8. The minimum Gasteiger partial charge on any atom is -0.490 e. The quantitative estimate of drug-likeness (QED) is 0.771. The first-order chi connectivity index (χ1) is 9.54. The SMILES string of the molecule is CC1Cc2cc(C(=O)c3ccc(F)cc3Br)ccc2O1. The number of ether oxygens (including phenoxy) is 1. The summed E-state index contributed by atoms with van der Waals surface area (Å²) >= 11 is 3.23. The van der Waals surface area contributed by atoms with Gasteiger partial charge < -0.3 is 4.74 Å². The predicted octanol–water partition coefficient (Wildman–Crippen LogP) is 4.14. The van der Waals surface area contributed by atoms with Crippen LogP contribution >= 0.6 is 15.9 Å². The van der Waals surface area contributed by atoms with E-state index >= 15 is 0 Å². The van der Waals surface area contributed by atoms with Gasteiger partial charge in [-0.2, -0.15) is 0 Å². The lowest BCUT2D eigenvalue weighted by Crippen LogP contribution is -2.05. The van der Waals surface area contributed by atoms with Crippen LogP contribution in [0, 0.1) is 5.82 Å². The summed E-state index contributed by atoms with van der Waals surface area (Å²) in [6.45, 7) is 2.00. The number of benzene rings is 2. The maximum absolute atomic E-state index is 13.1. The number of hydrogen-bond donors (Lipinski definition) is 0. The highest BCUT2D eigenvalue weighted by Gasteiger charge is 2.21. The molecule has 1 aliphatic rings. The number of fused-ring (bicyclic) bond motifs is 1. The largest absolute Gasteiger partial charge is 0.490 e. The maximum Gasteiger partial charge on any atom is 0.194 e. The molecular weight excluding hydrogens is 323 g/mol. The highest BCUT2D eigenvalue weighted by atomic mass is 79.9. The normalized spacial score (nSPS) is 16.6. The molecule has 0 aromatic heterocycles. The molecule has 0 amide bonds. The number of carbonyl (C=O) groups excluding carboxylic acids is 1. The third-order valence-electron chi connectivity index (χ3n) is 3.33. The van der Waals surface area contributed by atoms with Crippen molar-refractivity contribution < 1.29 is 13.9 Å². The number of carbonyl (C=O) groups is 1. The van der Waals surface area contributed by atoms with E-state index < -0.39 is 0 Å². The molecule has 2 aromatic rings. The lowest BCUT2D eigenvalue weighted by atomic mass is 10.00. The summed E-state index contributed by atoms with van der Waals surface area (Å²) < 4.78 is 19.2. The van der Waals surface area contributed by atoms with Crippen LogP contribution in [0.2, 0.25) is 0 Å². The monoisotopic (exact) mass is 334 g/mol. The molecule has 0 saturated carbocycles. The van der Waals surface area contributed by atoms with Crippen LogP contribution in [0.25, 0.3) is 0 Å². The Morgan fingerprint density at radius 1 is 1.30 bits per heavy atom. The fourth-order valence-electron chi connectivity index (χ4n) is 2.39. The average molecular weight is 335 g/mol. The van der Waals surface area contributed by atoms with Gasteiger partial charge in [-0.05, 0) is 64.8 Å². The van der Waals surface area contributed by atoms with Crippen LogP contribution in [0.4, 0.5) is 4.39 Å². The van der Waals surface area contributed by atoms with E-state index in [4.69, 9.17) is 4.74 Å². The van der Waals surface area contributed by atoms with Crippen LogP contribution in [0.5, 0.6) is 5.75 Å². The van der Waals surface area contributed by atoms with Crippen molar-refractivity contribution in [1.82, 2.24) is 0 Å². The van der Waals surface area contributed by atoms with Crippen molar-refractivity contribution in [2.75, 3.05) is 0 Å². The molecule has 0 saturated heterocycles. The molecule has 0 N–H and O–H groups in total. The van der Waals surface area contributed by atoms with Crippen molar-refractivity contribution in [1.29, 1.82) is 0 Å². The van der Waals surface area contributed by atoms with E-state index in [0.29, 0.717) is 15.6 Å². The van der Waals surface area contributed by atoms with Crippen LogP contribution < -0.4 is 4.74 Å². The minimum absolute atomic E-state index is 0.126. The number of hydrogen-bond acceptors (Lipinski definition) is 2. The van der Waals surface area contributed by atoms with Gasteiger partial charge in [0.05, 0.1) is 0 Å². The van der Waals surface area contributed by atoms with E-state index in [2.05, 4.69) is 15.9 Å². The van der Waals surface area contributed by atoms with Crippen LogP contribution in [-0.2, 0) is 6.42 Å². The maximum atomic E-state index is 13.1. The van der Waals surface area contributed by atoms with E-state index in [1.54, 1.807) is 6.07 Å². The Balaban J connectivity index is 1.97. The summed E-state index contributed by atoms with van der Waals surface area (Å²) in [5.41, 5.74) is 2.09. The van der Waals surface area contributed by atoms with Crippen molar-refractivity contribution in [3.63, 3.8) is 0 Å². The first-order valence-corrected chi connectivity index (χ1v) is 7.13. The van der Waals surface area contributed by atoms with Crippen molar-refractivity contribution >= 4 is 21.7 Å². The Labute approximate surface area is 124 Å². The van der Waals surface area contributed by atoms with Crippen LogP contribution in [0.3, 0.4) is 0 Å². The van der Waals surface area contributed by atoms with E-state index in [-0.39, 0.29) is 17.7 Å². The van der Waals surface area contributed by atoms with Gasteiger partial charge >= 0.3 is 0 Å². The Kier molecular flexibility index (Phi) is 3.34. The Bertz CT molecular complexity index is 697. The second kappa shape index (κ2) is 5.02. The van der Waals surface area contributed by atoms with Crippen LogP contribution in [0.15, 0.2) is 40.9 Å². The number of halogens is 2. The molecule has 1 heterocycles. The Hall–Kier alpha value is -1.68. The molecule has 2 nitrogen and oxygen atoms in total. The van der Waals surface area contributed by atoms with Gasteiger partial charge in [-0.15, -0.1) is 0 Å². The molecule has 0 fully saturated rings. The van der Waals surface area contributed by atoms with Gasteiger partial charge in [-0.25, -0.2) is 4.39 Å². The highest BCUT2D eigenvalue weighted by molar-refractivity contribution is 9.10. The summed E-state index contributed by atoms with van der Waals surface area (Å²) in [6.07, 6.45) is 0.953. The van der Waals surface area contributed by atoms with Crippen molar-refractivity contribution in [3.05, 3.63) is 63.4 Å². The average Bonchev–Trinajstić information content (AvgIpc) is 2.77. The van der Waals surface area contributed by atoms with Gasteiger partial charge in [0.2, 0.25) is 0 Å². The van der Waals surface area contributed by atoms with Gasteiger partial charge in [-0.1, -0.05) is 0 Å². The molecule has 102 valence electrons. The second-order valence-corrected chi connectivity index (χ2v) is 5.76. The van der Waals surface area contributed by atoms with Gasteiger partial charge in [0.25, 0.3) is 0 Å². The van der Waals surface area contributed by atoms with Gasteiger partial charge in [0, 0.05) is 22.0 Å². The summed E-state index contributed by atoms with van der Waals surface area (Å²) in [6, 6.07) is 9.51. The first-order valence-electron chi connectivity index (χ1n) is 6.34. The summed E-state index contributed by atoms with van der Waals surface area (Å²) in [4.78, 5) is 12.5. The summed E-state index contributed by atoms with van der Waals surface area (Å²) in [5, 5.41) is 0. The van der Waals surface area contributed by atoms with Crippen molar-refractivity contribution in [2.24, 2.45) is 0 Å². The molecule has 0 aliphatic carbocycles. The smallest absolute Gasteiger partial charge is 0.194 e. The third kappa shape index (κ3) is 2.36. The van der Waals surface area contributed by atoms with E-state index in [1.165, 1.54) is 18.2 Å². The zero-order chi connectivity index (χ0) is 14.3. The zero-order valence-corrected chi connectivity index (χ0v) is 12.4. The fraction of sp³-hybridized carbons (Fsp3) is 0.188. The first kappa shape index (κ1) is 13.3. The van der Waals surface area contributed by atoms with Crippen molar-refractivity contribution in [2.45, 2.75) is 19.4 Å². The summed E-state index contributed by atoms with van der Waals surface area (Å²) in [7, 11) is 0. The standard InChI is InChI=1S/C16H12BrFO2/c1-9-6-11-7-10(2-5-15(11)20-9)16(19)13-4-3-12(18)8-14(13)17/h2-5,7-9H,6H2,1H3. The molecule has 20 heavy (non-hydrogen) atoms. The van der Waals surface area contributed by atoms with E-state index in [0.717, 1.165) is 17.7 Å².